The van der Waals surface area contributed by atoms with E-state index in [2.05, 4.69) is 15.1 Å². The maximum absolute atomic E-state index is 11.8. The lowest BCUT2D eigenvalue weighted by Crippen LogP contribution is -2.33. The van der Waals surface area contributed by atoms with Crippen LogP contribution in [0.25, 0.3) is 11.5 Å². The molecule has 0 aliphatic carbocycles. The number of aryl methyl sites for hydroxylation is 1. The van der Waals surface area contributed by atoms with Gasteiger partial charge in [-0.1, -0.05) is 5.16 Å². The van der Waals surface area contributed by atoms with E-state index in [1.54, 1.807) is 6.92 Å². The predicted octanol–water partition coefficient (Wildman–Crippen LogP) is -2.05. The molecule has 0 radical (unpaired) electrons. The molecular weight excluding hydrogens is 310 g/mol. The van der Waals surface area contributed by atoms with Gasteiger partial charge in [-0.05, 0) is 0 Å². The van der Waals surface area contributed by atoms with Gasteiger partial charge >= 0.3 is 0 Å². The van der Waals surface area contributed by atoms with Gasteiger partial charge in [-0.3, -0.25) is 9.36 Å². The van der Waals surface area contributed by atoms with E-state index in [1.807, 2.05) is 0 Å². The number of hydrogen-bond acceptors (Lipinski definition) is 9. The summed E-state index contributed by atoms with van der Waals surface area (Å²) in [6.07, 6.45) is -3.61. The standard InChI is InChI=1S/C12H15N5O6/c1-4-15-11(16-23-4)6-7(10(13)21)17(3-14-6)12-9(20)8(19)5(2-18)22-12/h3,5,8-9,12,18-20H,2H2,1H3,(H2,13,21)/t5-,8-,9-,12-/m1/s1. The molecule has 0 unspecified atom stereocenters. The summed E-state index contributed by atoms with van der Waals surface area (Å²) in [7, 11) is 0. The van der Waals surface area contributed by atoms with Crippen LogP contribution in [0.15, 0.2) is 10.9 Å². The van der Waals surface area contributed by atoms with Gasteiger partial charge in [-0.15, -0.1) is 0 Å². The number of aliphatic hydroxyl groups is 3. The number of rotatable bonds is 4. The zero-order valence-corrected chi connectivity index (χ0v) is 12.0. The summed E-state index contributed by atoms with van der Waals surface area (Å²) in [6, 6.07) is 0. The van der Waals surface area contributed by atoms with Crippen LogP contribution in [0.2, 0.25) is 0 Å². The van der Waals surface area contributed by atoms with E-state index < -0.39 is 37.1 Å². The van der Waals surface area contributed by atoms with E-state index in [-0.39, 0.29) is 23.1 Å². The molecule has 11 heteroatoms. The summed E-state index contributed by atoms with van der Waals surface area (Å²) in [5, 5.41) is 32.7. The molecular formula is C12H15N5O6. The van der Waals surface area contributed by atoms with Gasteiger partial charge in [0.1, 0.15) is 29.7 Å². The zero-order valence-electron chi connectivity index (χ0n) is 12.0. The van der Waals surface area contributed by atoms with Gasteiger partial charge in [0.25, 0.3) is 5.91 Å². The SMILES string of the molecule is Cc1nc(-c2ncn([C@@H]3O[C@H](CO)[C@@H](O)[C@H]3O)c2C(N)=O)no1. The average Bonchev–Trinajstić information content (AvgIpc) is 3.18. The van der Waals surface area contributed by atoms with Crippen molar-refractivity contribution in [1.82, 2.24) is 19.7 Å². The van der Waals surface area contributed by atoms with Crippen molar-refractivity contribution < 1.29 is 29.4 Å². The molecule has 1 amide bonds. The number of primary amides is 1. The Labute approximate surface area is 129 Å². The number of carbonyl (C=O) groups excluding carboxylic acids is 1. The lowest BCUT2D eigenvalue weighted by atomic mass is 10.1. The Balaban J connectivity index is 2.04. The second-order valence-electron chi connectivity index (χ2n) is 5.08. The number of nitrogens with two attached hydrogens (primary N) is 1. The zero-order chi connectivity index (χ0) is 16.7. The number of aliphatic hydroxyl groups excluding tert-OH is 3. The topological polar surface area (TPSA) is 170 Å². The summed E-state index contributed by atoms with van der Waals surface area (Å²) >= 11 is 0. The third-order valence-electron chi connectivity index (χ3n) is 3.56. The summed E-state index contributed by atoms with van der Waals surface area (Å²) in [5.41, 5.74) is 5.34. The van der Waals surface area contributed by atoms with Gasteiger partial charge in [0, 0.05) is 6.92 Å². The molecule has 5 N–H and O–H groups in total. The minimum absolute atomic E-state index is 0.0572. The lowest BCUT2D eigenvalue weighted by molar-refractivity contribution is -0.0534. The number of ether oxygens (including phenoxy) is 1. The minimum atomic E-state index is -1.38. The molecule has 4 atom stereocenters. The van der Waals surface area contributed by atoms with E-state index in [1.165, 1.54) is 10.9 Å². The average molecular weight is 325 g/mol. The first-order valence-corrected chi connectivity index (χ1v) is 6.73. The number of hydrogen-bond donors (Lipinski definition) is 4. The first-order valence-electron chi connectivity index (χ1n) is 6.73. The molecule has 3 heterocycles. The molecule has 1 fully saturated rings. The van der Waals surface area contributed by atoms with Crippen LogP contribution in [0.5, 0.6) is 0 Å². The van der Waals surface area contributed by atoms with Gasteiger partial charge in [0.05, 0.1) is 12.9 Å². The molecule has 3 rings (SSSR count). The van der Waals surface area contributed by atoms with Crippen molar-refractivity contribution in [2.75, 3.05) is 6.61 Å². The molecule has 23 heavy (non-hydrogen) atoms. The van der Waals surface area contributed by atoms with Crippen LogP contribution in [-0.4, -0.2) is 65.8 Å². The molecule has 1 saturated heterocycles. The van der Waals surface area contributed by atoms with Gasteiger partial charge in [-0.25, -0.2) is 4.98 Å². The minimum Gasteiger partial charge on any atom is -0.394 e. The number of aromatic nitrogens is 4. The van der Waals surface area contributed by atoms with E-state index in [0.717, 1.165) is 0 Å². The van der Waals surface area contributed by atoms with Crippen molar-refractivity contribution in [2.45, 2.75) is 31.5 Å². The van der Waals surface area contributed by atoms with Gasteiger partial charge < -0.3 is 30.3 Å². The Morgan fingerprint density at radius 3 is 2.70 bits per heavy atom. The van der Waals surface area contributed by atoms with Crippen LogP contribution in [-0.2, 0) is 4.74 Å². The summed E-state index contributed by atoms with van der Waals surface area (Å²) in [6.45, 7) is 1.08. The second kappa shape index (κ2) is 5.70. The number of amides is 1. The highest BCUT2D eigenvalue weighted by Crippen LogP contribution is 2.32. The van der Waals surface area contributed by atoms with Crippen molar-refractivity contribution in [2.24, 2.45) is 5.73 Å². The normalized spacial score (nSPS) is 27.5. The fraction of sp³-hybridized carbons (Fsp3) is 0.500. The van der Waals surface area contributed by atoms with E-state index >= 15 is 0 Å². The summed E-state index contributed by atoms with van der Waals surface area (Å²) in [4.78, 5) is 19.8. The molecule has 124 valence electrons. The van der Waals surface area contributed by atoms with Gasteiger partial charge in [0.2, 0.25) is 11.7 Å². The highest BCUT2D eigenvalue weighted by atomic mass is 16.6. The van der Waals surface area contributed by atoms with Crippen LogP contribution in [0.1, 0.15) is 22.6 Å². The molecule has 1 aliphatic rings. The Morgan fingerprint density at radius 1 is 1.43 bits per heavy atom. The predicted molar refractivity (Wildman–Crippen MR) is 71.8 cm³/mol. The quantitative estimate of drug-likeness (QED) is 0.494. The largest absolute Gasteiger partial charge is 0.394 e. The molecule has 2 aromatic heterocycles. The summed E-state index contributed by atoms with van der Waals surface area (Å²) in [5.74, 6) is -0.516. The number of carbonyl (C=O) groups is 1. The fourth-order valence-electron chi connectivity index (χ4n) is 2.47. The smallest absolute Gasteiger partial charge is 0.267 e. The molecule has 0 spiro atoms. The van der Waals surface area contributed by atoms with Gasteiger partial charge in [0.15, 0.2) is 6.23 Å². The van der Waals surface area contributed by atoms with Crippen molar-refractivity contribution in [3.05, 3.63) is 17.9 Å². The highest BCUT2D eigenvalue weighted by molar-refractivity contribution is 5.96. The Bertz CT molecular complexity index is 727. The van der Waals surface area contributed by atoms with E-state index in [9.17, 15) is 15.0 Å². The summed E-state index contributed by atoms with van der Waals surface area (Å²) < 4.78 is 11.4. The van der Waals surface area contributed by atoms with Crippen LogP contribution in [0, 0.1) is 6.92 Å². The first-order chi connectivity index (χ1) is 10.9. The number of imidazole rings is 1. The lowest BCUT2D eigenvalue weighted by Gasteiger charge is -2.18. The maximum atomic E-state index is 11.8. The molecule has 0 saturated carbocycles. The Hall–Kier alpha value is -2.34. The highest BCUT2D eigenvalue weighted by Gasteiger charge is 2.44. The van der Waals surface area contributed by atoms with Crippen molar-refractivity contribution in [1.29, 1.82) is 0 Å². The third kappa shape index (κ3) is 2.49. The van der Waals surface area contributed by atoms with Crippen molar-refractivity contribution in [3.63, 3.8) is 0 Å². The van der Waals surface area contributed by atoms with Crippen LogP contribution in [0.3, 0.4) is 0 Å². The molecule has 2 aromatic rings. The molecule has 0 aromatic carbocycles. The molecule has 11 nitrogen and oxygen atoms in total. The van der Waals surface area contributed by atoms with Gasteiger partial charge in [-0.2, -0.15) is 4.98 Å². The molecule has 1 aliphatic heterocycles. The second-order valence-corrected chi connectivity index (χ2v) is 5.08. The monoisotopic (exact) mass is 325 g/mol. The van der Waals surface area contributed by atoms with Crippen molar-refractivity contribution in [3.8, 4) is 11.5 Å². The number of nitrogens with zero attached hydrogens (tertiary/aromatic N) is 4. The van der Waals surface area contributed by atoms with Crippen LogP contribution >= 0.6 is 0 Å². The molecule has 0 bridgehead atoms. The third-order valence-corrected chi connectivity index (χ3v) is 3.56. The van der Waals surface area contributed by atoms with E-state index in [0.29, 0.717) is 0 Å². The van der Waals surface area contributed by atoms with Crippen molar-refractivity contribution >= 4 is 5.91 Å². The fourth-order valence-corrected chi connectivity index (χ4v) is 2.47. The maximum Gasteiger partial charge on any atom is 0.267 e. The van der Waals surface area contributed by atoms with Crippen LogP contribution < -0.4 is 5.73 Å². The Kier molecular flexibility index (Phi) is 3.85. The Morgan fingerprint density at radius 2 is 2.17 bits per heavy atom. The first kappa shape index (κ1) is 15.6. The van der Waals surface area contributed by atoms with Crippen LogP contribution in [0.4, 0.5) is 0 Å². The van der Waals surface area contributed by atoms with E-state index in [4.69, 9.17) is 20.1 Å².